The first-order chi connectivity index (χ1) is 7.93. The zero-order valence-electron chi connectivity index (χ0n) is 10.3. The number of hydrogen-bond donors (Lipinski definition) is 1. The average Bonchev–Trinajstić information content (AvgIpc) is 3.12. The zero-order chi connectivity index (χ0) is 12.6. The Morgan fingerprint density at radius 3 is 2.47 bits per heavy atom. The third-order valence-corrected chi connectivity index (χ3v) is 5.47. The highest BCUT2D eigenvalue weighted by Crippen LogP contribution is 2.39. The number of rotatable bonds is 4. The predicted molar refractivity (Wildman–Crippen MR) is 68.4 cm³/mol. The fourth-order valence-electron chi connectivity index (χ4n) is 1.90. The number of nitrogens with two attached hydrogens (primary N) is 1. The maximum absolute atomic E-state index is 12.1. The molecule has 1 aliphatic carbocycles. The largest absolute Gasteiger partial charge is 0.324 e. The van der Waals surface area contributed by atoms with E-state index >= 15 is 0 Å². The molecule has 1 atom stereocenters. The quantitative estimate of drug-likeness (QED) is 0.895. The smallest absolute Gasteiger partial charge is 0.180 e. The molecular formula is C13H19NO2S. The molecule has 0 amide bonds. The van der Waals surface area contributed by atoms with Gasteiger partial charge in [0.2, 0.25) is 0 Å². The van der Waals surface area contributed by atoms with Gasteiger partial charge < -0.3 is 5.73 Å². The molecule has 1 aromatic carbocycles. The van der Waals surface area contributed by atoms with Crippen LogP contribution >= 0.6 is 0 Å². The summed E-state index contributed by atoms with van der Waals surface area (Å²) in [4.78, 5) is 0.390. The Morgan fingerprint density at radius 2 is 1.94 bits per heavy atom. The Labute approximate surface area is 103 Å². The first-order valence-corrected chi connectivity index (χ1v) is 7.57. The molecule has 1 fully saturated rings. The van der Waals surface area contributed by atoms with Crippen LogP contribution < -0.4 is 5.73 Å². The van der Waals surface area contributed by atoms with Gasteiger partial charge in [-0.2, -0.15) is 0 Å². The molecule has 2 N–H and O–H groups in total. The van der Waals surface area contributed by atoms with E-state index in [0.29, 0.717) is 10.8 Å². The summed E-state index contributed by atoms with van der Waals surface area (Å²) in [7, 11) is -3.19. The minimum Gasteiger partial charge on any atom is -0.324 e. The van der Waals surface area contributed by atoms with Crippen LogP contribution in [-0.4, -0.2) is 13.7 Å². The van der Waals surface area contributed by atoms with E-state index in [1.54, 1.807) is 32.0 Å². The summed E-state index contributed by atoms with van der Waals surface area (Å²) in [5.74, 6) is 0.534. The molecule has 0 heterocycles. The van der Waals surface area contributed by atoms with Crippen molar-refractivity contribution in [2.45, 2.75) is 42.9 Å². The lowest BCUT2D eigenvalue weighted by atomic mass is 10.0. The van der Waals surface area contributed by atoms with Crippen molar-refractivity contribution in [3.63, 3.8) is 0 Å². The van der Waals surface area contributed by atoms with Crippen LogP contribution in [0, 0.1) is 5.92 Å². The summed E-state index contributed by atoms with van der Waals surface area (Å²) in [5.41, 5.74) is 7.03. The molecular weight excluding hydrogens is 234 g/mol. The molecule has 1 aliphatic rings. The number of benzene rings is 1. The third-order valence-electron chi connectivity index (χ3n) is 3.32. The average molecular weight is 253 g/mol. The second-order valence-electron chi connectivity index (χ2n) is 5.03. The number of sulfone groups is 1. The van der Waals surface area contributed by atoms with Gasteiger partial charge in [0.15, 0.2) is 9.84 Å². The normalized spacial score (nSPS) is 18.4. The van der Waals surface area contributed by atoms with E-state index < -0.39 is 15.1 Å². The van der Waals surface area contributed by atoms with E-state index in [0.717, 1.165) is 18.4 Å². The second-order valence-corrected chi connectivity index (χ2v) is 7.53. The van der Waals surface area contributed by atoms with Crippen LogP contribution in [-0.2, 0) is 9.84 Å². The summed E-state index contributed by atoms with van der Waals surface area (Å²) in [5, 5.41) is -0.394. The predicted octanol–water partition coefficient (Wildman–Crippen LogP) is 2.28. The Kier molecular flexibility index (Phi) is 3.27. The fourth-order valence-corrected chi connectivity index (χ4v) is 3.01. The molecule has 1 aromatic rings. The van der Waals surface area contributed by atoms with Gasteiger partial charge in [0.05, 0.1) is 10.1 Å². The molecule has 2 rings (SSSR count). The van der Waals surface area contributed by atoms with Crippen molar-refractivity contribution in [2.75, 3.05) is 0 Å². The third kappa shape index (κ3) is 2.53. The lowest BCUT2D eigenvalue weighted by molar-refractivity contribution is 0.586. The van der Waals surface area contributed by atoms with Gasteiger partial charge in [-0.3, -0.25) is 0 Å². The van der Waals surface area contributed by atoms with Crippen LogP contribution in [0.2, 0.25) is 0 Å². The Morgan fingerprint density at radius 1 is 1.29 bits per heavy atom. The van der Waals surface area contributed by atoms with E-state index in [-0.39, 0.29) is 6.04 Å². The van der Waals surface area contributed by atoms with Crippen LogP contribution in [0.4, 0.5) is 0 Å². The molecule has 0 unspecified atom stereocenters. The lowest BCUT2D eigenvalue weighted by Gasteiger charge is -2.13. The van der Waals surface area contributed by atoms with Crippen molar-refractivity contribution in [1.82, 2.24) is 0 Å². The highest BCUT2D eigenvalue weighted by atomic mass is 32.2. The van der Waals surface area contributed by atoms with Gasteiger partial charge >= 0.3 is 0 Å². The summed E-state index contributed by atoms with van der Waals surface area (Å²) in [6.07, 6.45) is 2.31. The molecule has 0 bridgehead atoms. The molecule has 1 saturated carbocycles. The first-order valence-electron chi connectivity index (χ1n) is 6.02. The summed E-state index contributed by atoms with van der Waals surface area (Å²) in [6, 6.07) is 7.07. The van der Waals surface area contributed by atoms with Crippen molar-refractivity contribution < 1.29 is 8.42 Å². The molecule has 0 saturated heterocycles. The Hall–Kier alpha value is -0.870. The zero-order valence-corrected chi connectivity index (χ0v) is 11.1. The van der Waals surface area contributed by atoms with Gasteiger partial charge in [-0.25, -0.2) is 8.42 Å². The van der Waals surface area contributed by atoms with Gasteiger partial charge in [-0.15, -0.1) is 0 Å². The van der Waals surface area contributed by atoms with Crippen molar-refractivity contribution >= 4 is 9.84 Å². The molecule has 0 aromatic heterocycles. The van der Waals surface area contributed by atoms with Gasteiger partial charge in [0.1, 0.15) is 0 Å². The van der Waals surface area contributed by atoms with E-state index in [1.807, 2.05) is 6.07 Å². The minimum atomic E-state index is -3.19. The molecule has 4 heteroatoms. The SMILES string of the molecule is CC(C)S(=O)(=O)c1cccc([C@H](N)C2CC2)c1. The molecule has 0 radical (unpaired) electrons. The van der Waals surface area contributed by atoms with Crippen molar-refractivity contribution in [3.8, 4) is 0 Å². The van der Waals surface area contributed by atoms with Gasteiger partial charge in [-0.05, 0) is 50.3 Å². The van der Waals surface area contributed by atoms with Crippen molar-refractivity contribution in [3.05, 3.63) is 29.8 Å². The van der Waals surface area contributed by atoms with E-state index in [1.165, 1.54) is 0 Å². The van der Waals surface area contributed by atoms with Crippen LogP contribution in [0.25, 0.3) is 0 Å². The first kappa shape index (κ1) is 12.6. The highest BCUT2D eigenvalue weighted by Gasteiger charge is 2.30. The van der Waals surface area contributed by atoms with Gasteiger partial charge in [0, 0.05) is 6.04 Å². The molecule has 0 spiro atoms. The number of hydrogen-bond acceptors (Lipinski definition) is 3. The van der Waals surface area contributed by atoms with E-state index in [4.69, 9.17) is 5.73 Å². The van der Waals surface area contributed by atoms with Gasteiger partial charge in [-0.1, -0.05) is 12.1 Å². The standard InChI is InChI=1S/C13H19NO2S/c1-9(2)17(15,16)12-5-3-4-11(8-12)13(14)10-6-7-10/h3-5,8-10,13H,6-7,14H2,1-2H3/t13-/m1/s1. The lowest BCUT2D eigenvalue weighted by Crippen LogP contribution is -2.16. The molecule has 94 valence electrons. The molecule has 3 nitrogen and oxygen atoms in total. The molecule has 17 heavy (non-hydrogen) atoms. The summed E-state index contributed by atoms with van der Waals surface area (Å²) in [6.45, 7) is 3.39. The van der Waals surface area contributed by atoms with Gasteiger partial charge in [0.25, 0.3) is 0 Å². The monoisotopic (exact) mass is 253 g/mol. The molecule has 0 aliphatic heterocycles. The summed E-state index contributed by atoms with van der Waals surface area (Å²) < 4.78 is 24.1. The fraction of sp³-hybridized carbons (Fsp3) is 0.538. The Balaban J connectivity index is 2.34. The maximum atomic E-state index is 12.1. The topological polar surface area (TPSA) is 60.2 Å². The highest BCUT2D eigenvalue weighted by molar-refractivity contribution is 7.92. The second kappa shape index (κ2) is 4.42. The minimum absolute atomic E-state index is 0.0164. The van der Waals surface area contributed by atoms with Crippen molar-refractivity contribution in [2.24, 2.45) is 11.7 Å². The van der Waals surface area contributed by atoms with E-state index in [9.17, 15) is 8.42 Å². The van der Waals surface area contributed by atoms with Crippen LogP contribution in [0.15, 0.2) is 29.2 Å². The summed E-state index contributed by atoms with van der Waals surface area (Å²) >= 11 is 0. The maximum Gasteiger partial charge on any atom is 0.180 e. The van der Waals surface area contributed by atoms with E-state index in [2.05, 4.69) is 0 Å². The van der Waals surface area contributed by atoms with Crippen molar-refractivity contribution in [1.29, 1.82) is 0 Å². The van der Waals surface area contributed by atoms with Crippen LogP contribution in [0.3, 0.4) is 0 Å². The van der Waals surface area contributed by atoms with Crippen LogP contribution in [0.5, 0.6) is 0 Å². The van der Waals surface area contributed by atoms with Crippen LogP contribution in [0.1, 0.15) is 38.3 Å². The Bertz CT molecular complexity index is 504.